The summed E-state index contributed by atoms with van der Waals surface area (Å²) in [6, 6.07) is 13.1. The van der Waals surface area contributed by atoms with E-state index in [4.69, 9.17) is 4.74 Å². The van der Waals surface area contributed by atoms with Gasteiger partial charge < -0.3 is 10.1 Å². The molecule has 0 spiro atoms. The van der Waals surface area contributed by atoms with Crippen LogP contribution in [0, 0.1) is 0 Å². The van der Waals surface area contributed by atoms with E-state index in [9.17, 15) is 4.79 Å². The summed E-state index contributed by atoms with van der Waals surface area (Å²) >= 11 is 0. The second kappa shape index (κ2) is 7.41. The number of rotatable bonds is 6. The molecule has 0 radical (unpaired) electrons. The number of nitrogens with zero attached hydrogens (tertiary/aromatic N) is 3. The average molecular weight is 322 g/mol. The summed E-state index contributed by atoms with van der Waals surface area (Å²) in [5.41, 5.74) is 2.74. The molecule has 0 saturated heterocycles. The average Bonchev–Trinajstić information content (AvgIpc) is 3.06. The van der Waals surface area contributed by atoms with Crippen molar-refractivity contribution in [3.63, 3.8) is 0 Å². The molecular weight excluding hydrogens is 304 g/mol. The molecule has 0 fully saturated rings. The van der Waals surface area contributed by atoms with Crippen molar-refractivity contribution in [2.75, 3.05) is 6.61 Å². The van der Waals surface area contributed by atoms with Crippen LogP contribution in [0.4, 0.5) is 0 Å². The van der Waals surface area contributed by atoms with Gasteiger partial charge in [-0.2, -0.15) is 5.10 Å². The third-order valence-corrected chi connectivity index (χ3v) is 3.43. The molecular formula is C18H18N4O2. The van der Waals surface area contributed by atoms with Gasteiger partial charge in [-0.15, -0.1) is 0 Å². The van der Waals surface area contributed by atoms with E-state index in [0.29, 0.717) is 12.3 Å². The fraction of sp³-hybridized carbons (Fsp3) is 0.167. The number of amides is 1. The van der Waals surface area contributed by atoms with E-state index in [-0.39, 0.29) is 12.5 Å². The van der Waals surface area contributed by atoms with Crippen LogP contribution < -0.4 is 10.1 Å². The molecule has 2 heterocycles. The molecule has 0 aliphatic heterocycles. The first-order valence-electron chi connectivity index (χ1n) is 7.59. The van der Waals surface area contributed by atoms with Gasteiger partial charge in [0.1, 0.15) is 5.75 Å². The molecule has 6 nitrogen and oxygen atoms in total. The zero-order chi connectivity index (χ0) is 16.8. The second-order valence-corrected chi connectivity index (χ2v) is 5.33. The lowest BCUT2D eigenvalue weighted by atomic mass is 10.2. The van der Waals surface area contributed by atoms with Crippen molar-refractivity contribution in [3.8, 4) is 17.0 Å². The molecule has 2 aromatic heterocycles. The van der Waals surface area contributed by atoms with Crippen molar-refractivity contribution >= 4 is 5.91 Å². The maximum absolute atomic E-state index is 11.8. The van der Waals surface area contributed by atoms with E-state index in [1.54, 1.807) is 17.1 Å². The number of para-hydroxylation sites is 1. The molecule has 1 aromatic carbocycles. The standard InChI is InChI=1S/C18H18N4O2/c1-22-12-15(11-21-22)17-8-7-14(9-19-17)10-20-18(23)13-24-16-5-3-2-4-6-16/h2-9,11-12H,10,13H2,1H3,(H,20,23). The van der Waals surface area contributed by atoms with Crippen LogP contribution >= 0.6 is 0 Å². The number of aryl methyl sites for hydroxylation is 1. The highest BCUT2D eigenvalue weighted by Gasteiger charge is 2.05. The van der Waals surface area contributed by atoms with Crippen molar-refractivity contribution in [2.24, 2.45) is 7.05 Å². The minimum absolute atomic E-state index is 0.00872. The lowest BCUT2D eigenvalue weighted by molar-refractivity contribution is -0.123. The van der Waals surface area contributed by atoms with E-state index in [0.717, 1.165) is 16.8 Å². The minimum Gasteiger partial charge on any atom is -0.484 e. The molecule has 122 valence electrons. The van der Waals surface area contributed by atoms with E-state index >= 15 is 0 Å². The maximum Gasteiger partial charge on any atom is 0.258 e. The van der Waals surface area contributed by atoms with E-state index in [2.05, 4.69) is 15.4 Å². The zero-order valence-electron chi connectivity index (χ0n) is 13.3. The van der Waals surface area contributed by atoms with Crippen LogP contribution in [0.15, 0.2) is 61.1 Å². The monoisotopic (exact) mass is 322 g/mol. The highest BCUT2D eigenvalue weighted by Crippen LogP contribution is 2.15. The van der Waals surface area contributed by atoms with E-state index < -0.39 is 0 Å². The normalized spacial score (nSPS) is 10.4. The van der Waals surface area contributed by atoms with Gasteiger partial charge in [0.25, 0.3) is 5.91 Å². The summed E-state index contributed by atoms with van der Waals surface area (Å²) in [5.74, 6) is 0.505. The predicted molar refractivity (Wildman–Crippen MR) is 90.2 cm³/mol. The Morgan fingerprint density at radius 3 is 2.67 bits per heavy atom. The van der Waals surface area contributed by atoms with Crippen molar-refractivity contribution in [1.82, 2.24) is 20.1 Å². The molecule has 6 heteroatoms. The topological polar surface area (TPSA) is 69.0 Å². The fourth-order valence-electron chi connectivity index (χ4n) is 2.17. The first kappa shape index (κ1) is 15.7. The number of carbonyl (C=O) groups is 1. The van der Waals surface area contributed by atoms with Gasteiger partial charge in [0.2, 0.25) is 0 Å². The summed E-state index contributed by atoms with van der Waals surface area (Å²) in [7, 11) is 1.87. The molecule has 3 aromatic rings. The molecule has 0 atom stereocenters. The van der Waals surface area contributed by atoms with Crippen LogP contribution in [-0.4, -0.2) is 27.3 Å². The second-order valence-electron chi connectivity index (χ2n) is 5.33. The number of nitrogens with one attached hydrogen (secondary N) is 1. The Hall–Kier alpha value is -3.15. The van der Waals surface area contributed by atoms with E-state index in [1.165, 1.54) is 0 Å². The van der Waals surface area contributed by atoms with Gasteiger partial charge >= 0.3 is 0 Å². The molecule has 1 N–H and O–H groups in total. The molecule has 3 rings (SSSR count). The smallest absolute Gasteiger partial charge is 0.258 e. The number of benzene rings is 1. The SMILES string of the molecule is Cn1cc(-c2ccc(CNC(=O)COc3ccccc3)cn2)cn1. The van der Waals surface area contributed by atoms with Crippen molar-refractivity contribution in [2.45, 2.75) is 6.54 Å². The molecule has 24 heavy (non-hydrogen) atoms. The highest BCUT2D eigenvalue weighted by molar-refractivity contribution is 5.77. The molecule has 0 saturated carbocycles. The van der Waals surface area contributed by atoms with Gasteiger partial charge in [-0.3, -0.25) is 14.5 Å². The first-order chi connectivity index (χ1) is 11.7. The molecule has 0 unspecified atom stereocenters. The Bertz CT molecular complexity index is 797. The number of carbonyl (C=O) groups excluding carboxylic acids is 1. The number of hydrogen-bond donors (Lipinski definition) is 1. The van der Waals surface area contributed by atoms with Gasteiger partial charge in [0.15, 0.2) is 6.61 Å². The highest BCUT2D eigenvalue weighted by atomic mass is 16.5. The summed E-state index contributed by atoms with van der Waals surface area (Å²) in [6.45, 7) is 0.405. The number of aromatic nitrogens is 3. The quantitative estimate of drug-likeness (QED) is 0.755. The van der Waals surface area contributed by atoms with Crippen LogP contribution in [0.1, 0.15) is 5.56 Å². The summed E-state index contributed by atoms with van der Waals surface area (Å²) < 4.78 is 7.13. The predicted octanol–water partition coefficient (Wildman–Crippen LogP) is 2.18. The van der Waals surface area contributed by atoms with Crippen LogP contribution in [0.3, 0.4) is 0 Å². The third-order valence-electron chi connectivity index (χ3n) is 3.43. The van der Waals surface area contributed by atoms with Gasteiger partial charge in [-0.05, 0) is 23.8 Å². The van der Waals surface area contributed by atoms with Gasteiger partial charge in [-0.25, -0.2) is 0 Å². The lowest BCUT2D eigenvalue weighted by Crippen LogP contribution is -2.28. The fourth-order valence-corrected chi connectivity index (χ4v) is 2.17. The number of ether oxygens (including phenoxy) is 1. The number of hydrogen-bond acceptors (Lipinski definition) is 4. The maximum atomic E-state index is 11.8. The van der Waals surface area contributed by atoms with Crippen LogP contribution in [0.25, 0.3) is 11.3 Å². The Kier molecular flexibility index (Phi) is 4.86. The molecule has 0 aliphatic carbocycles. The molecule has 0 aliphatic rings. The molecule has 0 bridgehead atoms. The van der Waals surface area contributed by atoms with E-state index in [1.807, 2.05) is 55.7 Å². The summed E-state index contributed by atoms with van der Waals surface area (Å²) in [4.78, 5) is 16.2. The van der Waals surface area contributed by atoms with Gasteiger partial charge in [0, 0.05) is 31.5 Å². The third kappa shape index (κ3) is 4.19. The Labute approximate surface area is 140 Å². The zero-order valence-corrected chi connectivity index (χ0v) is 13.3. The van der Waals surface area contributed by atoms with Gasteiger partial charge in [-0.1, -0.05) is 24.3 Å². The molecule has 1 amide bonds. The van der Waals surface area contributed by atoms with Gasteiger partial charge in [0.05, 0.1) is 11.9 Å². The van der Waals surface area contributed by atoms with Crippen molar-refractivity contribution in [1.29, 1.82) is 0 Å². The van der Waals surface area contributed by atoms with Crippen molar-refractivity contribution < 1.29 is 9.53 Å². The van der Waals surface area contributed by atoms with Crippen LogP contribution in [0.2, 0.25) is 0 Å². The Morgan fingerprint density at radius 2 is 2.00 bits per heavy atom. The van der Waals surface area contributed by atoms with Crippen LogP contribution in [-0.2, 0) is 18.4 Å². The largest absolute Gasteiger partial charge is 0.484 e. The Balaban J connectivity index is 1.48. The lowest BCUT2D eigenvalue weighted by Gasteiger charge is -2.07. The van der Waals surface area contributed by atoms with Crippen molar-refractivity contribution in [3.05, 3.63) is 66.6 Å². The van der Waals surface area contributed by atoms with Crippen LogP contribution in [0.5, 0.6) is 5.75 Å². The number of pyridine rings is 1. The summed E-state index contributed by atoms with van der Waals surface area (Å²) in [5, 5.41) is 6.94. The minimum atomic E-state index is -0.171. The summed E-state index contributed by atoms with van der Waals surface area (Å²) in [6.07, 6.45) is 5.43. The Morgan fingerprint density at radius 1 is 1.17 bits per heavy atom. The first-order valence-corrected chi connectivity index (χ1v) is 7.59.